The van der Waals surface area contributed by atoms with E-state index in [1.165, 1.54) is 6.07 Å². The number of para-hydroxylation sites is 1. The first kappa shape index (κ1) is 24.6. The van der Waals surface area contributed by atoms with Crippen molar-refractivity contribution in [1.29, 1.82) is 0 Å². The number of benzene rings is 2. The van der Waals surface area contributed by atoms with Gasteiger partial charge in [0, 0.05) is 55.8 Å². The lowest BCUT2D eigenvalue weighted by Gasteiger charge is -2.40. The minimum atomic E-state index is -0.760. The highest BCUT2D eigenvalue weighted by Gasteiger charge is 2.27. The van der Waals surface area contributed by atoms with E-state index in [4.69, 9.17) is 11.6 Å². The Hall–Kier alpha value is -3.49. The number of hydrogen-bond acceptors (Lipinski definition) is 5. The van der Waals surface area contributed by atoms with Gasteiger partial charge in [0.2, 0.25) is 0 Å². The largest absolute Gasteiger partial charge is 0.367 e. The maximum atomic E-state index is 14.2. The van der Waals surface area contributed by atoms with Gasteiger partial charge in [-0.1, -0.05) is 35.9 Å². The third-order valence-corrected chi connectivity index (χ3v) is 6.36. The van der Waals surface area contributed by atoms with Gasteiger partial charge in [0.25, 0.3) is 0 Å². The van der Waals surface area contributed by atoms with Gasteiger partial charge in [0.1, 0.15) is 5.82 Å². The fraction of sp³-hybridized carbons (Fsp3) is 0.269. The molecule has 0 unspecified atom stereocenters. The molecule has 1 aliphatic rings. The van der Waals surface area contributed by atoms with E-state index < -0.39 is 11.8 Å². The minimum Gasteiger partial charge on any atom is -0.367 e. The molecule has 2 aromatic carbocycles. The number of carbonyl (C=O) groups is 2. The Balaban J connectivity index is 1.40. The molecule has 1 aliphatic heterocycles. The van der Waals surface area contributed by atoms with Crippen LogP contribution in [0.3, 0.4) is 0 Å². The molecule has 1 atom stereocenters. The highest BCUT2D eigenvalue weighted by Crippen LogP contribution is 2.25. The summed E-state index contributed by atoms with van der Waals surface area (Å²) in [5.41, 5.74) is 2.81. The van der Waals surface area contributed by atoms with Crippen LogP contribution in [-0.2, 0) is 9.59 Å². The number of aryl methyl sites for hydroxylation is 1. The third kappa shape index (κ3) is 6.15. The first-order valence-electron chi connectivity index (χ1n) is 11.4. The number of nitrogens with zero attached hydrogens (tertiary/aromatic N) is 3. The smallest absolute Gasteiger partial charge is 0.313 e. The van der Waals surface area contributed by atoms with Crippen LogP contribution in [0.4, 0.5) is 15.8 Å². The van der Waals surface area contributed by atoms with Crippen LogP contribution in [0.15, 0.2) is 67.0 Å². The van der Waals surface area contributed by atoms with E-state index in [-0.39, 0.29) is 18.4 Å². The number of carbonyl (C=O) groups excluding carboxylic acids is 2. The van der Waals surface area contributed by atoms with Crippen LogP contribution in [0.1, 0.15) is 17.2 Å². The first-order chi connectivity index (χ1) is 16.9. The number of rotatable bonds is 6. The maximum Gasteiger partial charge on any atom is 0.313 e. The van der Waals surface area contributed by atoms with Crippen molar-refractivity contribution >= 4 is 34.8 Å². The first-order valence-corrected chi connectivity index (χ1v) is 11.8. The Morgan fingerprint density at radius 1 is 1.06 bits per heavy atom. The SMILES string of the molecule is Cc1ccc(Cl)cc1NC(=O)C(=O)NC[C@@H](c1cccnc1)N1CCN(c2ccccc2F)CC1. The van der Waals surface area contributed by atoms with Gasteiger partial charge in [-0.2, -0.15) is 0 Å². The second-order valence-corrected chi connectivity index (χ2v) is 8.84. The molecule has 0 saturated carbocycles. The maximum absolute atomic E-state index is 14.2. The molecule has 2 N–H and O–H groups in total. The Bertz CT molecular complexity index is 1190. The highest BCUT2D eigenvalue weighted by atomic mass is 35.5. The molecule has 35 heavy (non-hydrogen) atoms. The van der Waals surface area contributed by atoms with Crippen LogP contribution in [0.5, 0.6) is 0 Å². The summed E-state index contributed by atoms with van der Waals surface area (Å²) in [6, 6.07) is 15.5. The molecule has 7 nitrogen and oxygen atoms in total. The summed E-state index contributed by atoms with van der Waals surface area (Å²) in [6.45, 7) is 4.66. The van der Waals surface area contributed by atoms with E-state index in [0.717, 1.165) is 11.1 Å². The number of halogens is 2. The van der Waals surface area contributed by atoms with Gasteiger partial charge in [0.05, 0.1) is 11.7 Å². The summed E-state index contributed by atoms with van der Waals surface area (Å²) >= 11 is 6.01. The third-order valence-electron chi connectivity index (χ3n) is 6.13. The average Bonchev–Trinajstić information content (AvgIpc) is 2.87. The van der Waals surface area contributed by atoms with E-state index in [9.17, 15) is 14.0 Å². The number of hydrogen-bond donors (Lipinski definition) is 2. The summed E-state index contributed by atoms with van der Waals surface area (Å²) in [6.07, 6.45) is 3.45. The van der Waals surface area contributed by atoms with Gasteiger partial charge in [0.15, 0.2) is 0 Å². The summed E-state index contributed by atoms with van der Waals surface area (Å²) in [7, 11) is 0. The van der Waals surface area contributed by atoms with E-state index in [2.05, 4.69) is 20.5 Å². The molecular formula is C26H27ClFN5O2. The molecule has 1 aromatic heterocycles. The van der Waals surface area contributed by atoms with Crippen molar-refractivity contribution in [3.63, 3.8) is 0 Å². The average molecular weight is 496 g/mol. The number of amides is 2. The lowest BCUT2D eigenvalue weighted by Crippen LogP contribution is -2.50. The molecule has 0 spiro atoms. The van der Waals surface area contributed by atoms with Gasteiger partial charge in [-0.15, -0.1) is 0 Å². The molecule has 9 heteroatoms. The zero-order valence-corrected chi connectivity index (χ0v) is 20.1. The minimum absolute atomic E-state index is 0.184. The van der Waals surface area contributed by atoms with Crippen molar-refractivity contribution in [2.24, 2.45) is 0 Å². The number of pyridine rings is 1. The molecule has 4 rings (SSSR count). The van der Waals surface area contributed by atoms with Crippen LogP contribution in [-0.4, -0.2) is 54.4 Å². The van der Waals surface area contributed by atoms with Gasteiger partial charge >= 0.3 is 11.8 Å². The van der Waals surface area contributed by atoms with Crippen molar-refractivity contribution in [1.82, 2.24) is 15.2 Å². The standard InChI is InChI=1S/C26H27ClFN5O2/c1-18-8-9-20(27)15-22(18)31-26(35)25(34)30-17-24(19-5-4-10-29-16-19)33-13-11-32(12-14-33)23-7-3-2-6-21(23)28/h2-10,15-16,24H,11-14,17H2,1H3,(H,30,34)(H,31,35)/t24-/m0/s1. The van der Waals surface area contributed by atoms with Crippen molar-refractivity contribution in [3.05, 3.63) is 89.0 Å². The second-order valence-electron chi connectivity index (χ2n) is 8.40. The Morgan fingerprint density at radius 2 is 1.83 bits per heavy atom. The van der Waals surface area contributed by atoms with Crippen molar-refractivity contribution < 1.29 is 14.0 Å². The number of nitrogens with one attached hydrogen (secondary N) is 2. The molecule has 0 bridgehead atoms. The molecule has 0 radical (unpaired) electrons. The monoisotopic (exact) mass is 495 g/mol. The lowest BCUT2D eigenvalue weighted by molar-refractivity contribution is -0.136. The van der Waals surface area contributed by atoms with Crippen LogP contribution in [0, 0.1) is 12.7 Å². The van der Waals surface area contributed by atoms with Crippen molar-refractivity contribution in [3.8, 4) is 0 Å². The van der Waals surface area contributed by atoms with E-state index in [1.807, 2.05) is 30.0 Å². The predicted molar refractivity (Wildman–Crippen MR) is 135 cm³/mol. The Labute approximate surface area is 208 Å². The second kappa shape index (κ2) is 11.3. The summed E-state index contributed by atoms with van der Waals surface area (Å²) in [5, 5.41) is 5.85. The fourth-order valence-electron chi connectivity index (χ4n) is 4.19. The predicted octanol–water partition coefficient (Wildman–Crippen LogP) is 3.80. The normalized spacial score (nSPS) is 14.9. The van der Waals surface area contributed by atoms with Crippen LogP contribution in [0.2, 0.25) is 5.02 Å². The quantitative estimate of drug-likeness (QED) is 0.509. The number of aromatic nitrogens is 1. The van der Waals surface area contributed by atoms with Crippen molar-refractivity contribution in [2.75, 3.05) is 42.9 Å². The number of piperazine rings is 1. The van der Waals surface area contributed by atoms with E-state index in [1.54, 1.807) is 42.7 Å². The number of anilines is 2. The molecule has 2 heterocycles. The lowest BCUT2D eigenvalue weighted by atomic mass is 10.1. The van der Waals surface area contributed by atoms with Crippen LogP contribution in [0.25, 0.3) is 0 Å². The summed E-state index contributed by atoms with van der Waals surface area (Å²) in [4.78, 5) is 33.5. The van der Waals surface area contributed by atoms with Crippen LogP contribution >= 0.6 is 11.6 Å². The molecule has 182 valence electrons. The molecule has 1 fully saturated rings. The fourth-order valence-corrected chi connectivity index (χ4v) is 4.36. The zero-order valence-electron chi connectivity index (χ0n) is 19.4. The zero-order chi connectivity index (χ0) is 24.8. The summed E-state index contributed by atoms with van der Waals surface area (Å²) in [5.74, 6) is -1.73. The van der Waals surface area contributed by atoms with Gasteiger partial charge in [-0.05, 0) is 48.4 Å². The molecular weight excluding hydrogens is 469 g/mol. The van der Waals surface area contributed by atoms with Gasteiger partial charge in [-0.3, -0.25) is 19.5 Å². The molecule has 0 aliphatic carbocycles. The van der Waals surface area contributed by atoms with Gasteiger partial charge < -0.3 is 15.5 Å². The molecule has 2 amide bonds. The van der Waals surface area contributed by atoms with E-state index >= 15 is 0 Å². The van der Waals surface area contributed by atoms with Crippen molar-refractivity contribution in [2.45, 2.75) is 13.0 Å². The molecule has 3 aromatic rings. The highest BCUT2D eigenvalue weighted by molar-refractivity contribution is 6.40. The van der Waals surface area contributed by atoms with Crippen LogP contribution < -0.4 is 15.5 Å². The topological polar surface area (TPSA) is 77.6 Å². The van der Waals surface area contributed by atoms with Gasteiger partial charge in [-0.25, -0.2) is 4.39 Å². The Kier molecular flexibility index (Phi) is 7.94. The van der Waals surface area contributed by atoms with E-state index in [0.29, 0.717) is 42.6 Å². The Morgan fingerprint density at radius 3 is 2.54 bits per heavy atom. The summed E-state index contributed by atoms with van der Waals surface area (Å²) < 4.78 is 14.2. The molecule has 1 saturated heterocycles.